The van der Waals surface area contributed by atoms with Gasteiger partial charge in [-0.3, -0.25) is 4.79 Å². The maximum absolute atomic E-state index is 12.7. The normalized spacial score (nSPS) is 23.5. The van der Waals surface area contributed by atoms with Crippen LogP contribution in [0, 0.1) is 12.8 Å². The number of rotatable bonds is 1. The van der Waals surface area contributed by atoms with E-state index in [1.54, 1.807) is 0 Å². The number of nitrogen functional groups attached to an aromatic ring is 1. The van der Waals surface area contributed by atoms with Crippen LogP contribution in [0.15, 0.2) is 16.6 Å². The number of likely N-dealkylation sites (tertiary alicyclic amines) is 1. The van der Waals surface area contributed by atoms with Crippen LogP contribution in [0.25, 0.3) is 0 Å². The summed E-state index contributed by atoms with van der Waals surface area (Å²) in [6, 6.07) is 4.03. The van der Waals surface area contributed by atoms with Gasteiger partial charge in [0.05, 0.1) is 0 Å². The second kappa shape index (κ2) is 5.53. The predicted molar refractivity (Wildman–Crippen MR) is 82.2 cm³/mol. The van der Waals surface area contributed by atoms with E-state index in [9.17, 15) is 4.79 Å². The fourth-order valence-corrected chi connectivity index (χ4v) is 3.12. The monoisotopic (exact) mass is 324 g/mol. The van der Waals surface area contributed by atoms with Crippen LogP contribution in [-0.4, -0.2) is 23.4 Å². The molecule has 1 aliphatic rings. The third kappa shape index (κ3) is 2.94. The average Bonchev–Trinajstić information content (AvgIpc) is 2.36. The molecule has 0 saturated carbocycles. The number of piperidine rings is 1. The molecule has 1 amide bonds. The van der Waals surface area contributed by atoms with Crippen LogP contribution < -0.4 is 5.73 Å². The van der Waals surface area contributed by atoms with Gasteiger partial charge in [0.15, 0.2) is 0 Å². The second-order valence-electron chi connectivity index (χ2n) is 5.66. The van der Waals surface area contributed by atoms with Crippen LogP contribution in [-0.2, 0) is 0 Å². The molecule has 0 bridgehead atoms. The summed E-state index contributed by atoms with van der Waals surface area (Å²) >= 11 is 3.42. The fourth-order valence-electron chi connectivity index (χ4n) is 2.65. The first-order chi connectivity index (χ1) is 8.90. The lowest BCUT2D eigenvalue weighted by atomic mass is 9.93. The van der Waals surface area contributed by atoms with E-state index in [1.807, 2.05) is 24.0 Å². The number of nitrogens with zero attached hydrogens (tertiary/aromatic N) is 1. The number of nitrogens with two attached hydrogens (primary N) is 1. The van der Waals surface area contributed by atoms with E-state index < -0.39 is 0 Å². The molecular weight excluding hydrogens is 304 g/mol. The van der Waals surface area contributed by atoms with Crippen LogP contribution in [0.4, 0.5) is 5.69 Å². The molecule has 0 aromatic heterocycles. The Balaban J connectivity index is 2.33. The molecule has 1 aromatic rings. The Labute approximate surface area is 123 Å². The lowest BCUT2D eigenvalue weighted by molar-refractivity contribution is 0.0573. The highest BCUT2D eigenvalue weighted by Gasteiger charge is 2.28. The molecule has 1 fully saturated rings. The SMILES string of the molecule is Cc1c(N)cc(Br)cc1C(=O)N1CC(C)CCC1C. The van der Waals surface area contributed by atoms with E-state index in [-0.39, 0.29) is 5.91 Å². The zero-order valence-corrected chi connectivity index (χ0v) is 13.3. The maximum Gasteiger partial charge on any atom is 0.254 e. The number of amides is 1. The quantitative estimate of drug-likeness (QED) is 0.802. The molecule has 2 unspecified atom stereocenters. The zero-order valence-electron chi connectivity index (χ0n) is 11.7. The van der Waals surface area contributed by atoms with Gasteiger partial charge in [0.1, 0.15) is 0 Å². The van der Waals surface area contributed by atoms with Crippen LogP contribution in [0.1, 0.15) is 42.6 Å². The molecule has 2 N–H and O–H groups in total. The Bertz CT molecular complexity index is 501. The largest absolute Gasteiger partial charge is 0.398 e. The van der Waals surface area contributed by atoms with Crippen molar-refractivity contribution in [2.24, 2.45) is 5.92 Å². The Morgan fingerprint density at radius 2 is 2.05 bits per heavy atom. The number of carbonyl (C=O) groups excluding carboxylic acids is 1. The minimum atomic E-state index is 0.101. The molecule has 2 rings (SSSR count). The molecule has 2 atom stereocenters. The van der Waals surface area contributed by atoms with Gasteiger partial charge in [-0.05, 0) is 50.3 Å². The lowest BCUT2D eigenvalue weighted by Crippen LogP contribution is -2.45. The second-order valence-corrected chi connectivity index (χ2v) is 6.57. The molecule has 3 nitrogen and oxygen atoms in total. The van der Waals surface area contributed by atoms with Crippen molar-refractivity contribution in [2.75, 3.05) is 12.3 Å². The van der Waals surface area contributed by atoms with E-state index in [2.05, 4.69) is 29.8 Å². The highest BCUT2D eigenvalue weighted by atomic mass is 79.9. The molecule has 1 aromatic carbocycles. The number of hydrogen-bond donors (Lipinski definition) is 1. The van der Waals surface area contributed by atoms with Gasteiger partial charge < -0.3 is 10.6 Å². The molecule has 0 radical (unpaired) electrons. The molecule has 1 saturated heterocycles. The maximum atomic E-state index is 12.7. The number of anilines is 1. The number of halogens is 1. The molecule has 104 valence electrons. The van der Waals surface area contributed by atoms with Gasteiger partial charge in [0, 0.05) is 28.3 Å². The summed E-state index contributed by atoms with van der Waals surface area (Å²) in [5.74, 6) is 0.675. The first kappa shape index (κ1) is 14.4. The standard InChI is InChI=1S/C15H21BrN2O/c1-9-4-5-10(2)18(8-9)15(19)13-6-12(16)7-14(17)11(13)3/h6-7,9-10H,4-5,8,17H2,1-3H3. The van der Waals surface area contributed by atoms with Crippen molar-refractivity contribution in [3.63, 3.8) is 0 Å². The Morgan fingerprint density at radius 3 is 2.74 bits per heavy atom. The number of benzene rings is 1. The molecular formula is C15H21BrN2O. The minimum absolute atomic E-state index is 0.101. The molecule has 19 heavy (non-hydrogen) atoms. The Kier molecular flexibility index (Phi) is 4.19. The van der Waals surface area contributed by atoms with E-state index >= 15 is 0 Å². The van der Waals surface area contributed by atoms with Gasteiger partial charge in [-0.2, -0.15) is 0 Å². The summed E-state index contributed by atoms with van der Waals surface area (Å²) in [5.41, 5.74) is 8.20. The number of hydrogen-bond acceptors (Lipinski definition) is 2. The molecule has 4 heteroatoms. The predicted octanol–water partition coefficient (Wildman–Crippen LogP) is 3.60. The van der Waals surface area contributed by atoms with E-state index in [4.69, 9.17) is 5.73 Å². The minimum Gasteiger partial charge on any atom is -0.398 e. The third-order valence-corrected chi connectivity index (χ3v) is 4.48. The van der Waals surface area contributed by atoms with Crippen molar-refractivity contribution < 1.29 is 4.79 Å². The lowest BCUT2D eigenvalue weighted by Gasteiger charge is -2.37. The first-order valence-electron chi connectivity index (χ1n) is 6.76. The summed E-state index contributed by atoms with van der Waals surface area (Å²) in [6.07, 6.45) is 2.28. The van der Waals surface area contributed by atoms with Gasteiger partial charge in [0.25, 0.3) is 5.91 Å². The van der Waals surface area contributed by atoms with Gasteiger partial charge in [-0.25, -0.2) is 0 Å². The van der Waals surface area contributed by atoms with Crippen LogP contribution in [0.3, 0.4) is 0 Å². The van der Waals surface area contributed by atoms with Gasteiger partial charge >= 0.3 is 0 Å². The molecule has 1 aliphatic heterocycles. The fraction of sp³-hybridized carbons (Fsp3) is 0.533. The van der Waals surface area contributed by atoms with Crippen LogP contribution >= 0.6 is 15.9 Å². The summed E-state index contributed by atoms with van der Waals surface area (Å²) in [6.45, 7) is 7.08. The van der Waals surface area contributed by atoms with Crippen LogP contribution in [0.5, 0.6) is 0 Å². The summed E-state index contributed by atoms with van der Waals surface area (Å²) in [5, 5.41) is 0. The van der Waals surface area contributed by atoms with Gasteiger partial charge in [-0.1, -0.05) is 22.9 Å². The van der Waals surface area contributed by atoms with Gasteiger partial charge in [-0.15, -0.1) is 0 Å². The van der Waals surface area contributed by atoms with Gasteiger partial charge in [0.2, 0.25) is 0 Å². The summed E-state index contributed by atoms with van der Waals surface area (Å²) in [4.78, 5) is 14.7. The summed E-state index contributed by atoms with van der Waals surface area (Å²) in [7, 11) is 0. The highest BCUT2D eigenvalue weighted by molar-refractivity contribution is 9.10. The average molecular weight is 325 g/mol. The molecule has 1 heterocycles. The van der Waals surface area contributed by atoms with Crippen molar-refractivity contribution in [1.82, 2.24) is 4.90 Å². The van der Waals surface area contributed by atoms with Crippen molar-refractivity contribution in [2.45, 2.75) is 39.7 Å². The van der Waals surface area contributed by atoms with E-state index in [1.165, 1.54) is 6.42 Å². The first-order valence-corrected chi connectivity index (χ1v) is 7.56. The summed E-state index contributed by atoms with van der Waals surface area (Å²) < 4.78 is 0.858. The molecule has 0 spiro atoms. The van der Waals surface area contributed by atoms with Crippen molar-refractivity contribution >= 4 is 27.5 Å². The third-order valence-electron chi connectivity index (χ3n) is 4.02. The zero-order chi connectivity index (χ0) is 14.2. The van der Waals surface area contributed by atoms with Crippen molar-refractivity contribution in [3.8, 4) is 0 Å². The molecule has 0 aliphatic carbocycles. The van der Waals surface area contributed by atoms with Crippen molar-refractivity contribution in [1.29, 1.82) is 0 Å². The van der Waals surface area contributed by atoms with E-state index in [0.717, 1.165) is 23.0 Å². The Morgan fingerprint density at radius 1 is 1.37 bits per heavy atom. The smallest absolute Gasteiger partial charge is 0.254 e. The Hall–Kier alpha value is -1.03. The van der Waals surface area contributed by atoms with Crippen molar-refractivity contribution in [3.05, 3.63) is 27.7 Å². The number of carbonyl (C=O) groups is 1. The highest BCUT2D eigenvalue weighted by Crippen LogP contribution is 2.27. The van der Waals surface area contributed by atoms with Crippen LogP contribution in [0.2, 0.25) is 0 Å². The topological polar surface area (TPSA) is 46.3 Å². The van der Waals surface area contributed by atoms with E-state index in [0.29, 0.717) is 23.2 Å².